The molecular formula is C18H23F2NO3. The molecule has 0 saturated carbocycles. The third-order valence-corrected chi connectivity index (χ3v) is 3.85. The van der Waals surface area contributed by atoms with E-state index in [1.165, 1.54) is 36.1 Å². The molecule has 132 valence electrons. The molecule has 0 N–H and O–H groups in total. The molecule has 1 aromatic rings. The summed E-state index contributed by atoms with van der Waals surface area (Å²) in [6, 6.07) is 5.56. The first-order chi connectivity index (χ1) is 11.0. The molecule has 1 saturated heterocycles. The average molecular weight is 339 g/mol. The van der Waals surface area contributed by atoms with Crippen molar-refractivity contribution < 1.29 is 23.1 Å². The molecule has 0 spiro atoms. The molecule has 1 amide bonds. The third-order valence-electron chi connectivity index (χ3n) is 3.85. The lowest BCUT2D eigenvalue weighted by Crippen LogP contribution is -2.52. The molecule has 1 aromatic carbocycles. The number of hydrogen-bond acceptors (Lipinski definition) is 3. The van der Waals surface area contributed by atoms with E-state index in [0.29, 0.717) is 0 Å². The van der Waals surface area contributed by atoms with E-state index in [1.807, 2.05) is 0 Å². The van der Waals surface area contributed by atoms with E-state index in [9.17, 15) is 18.4 Å². The zero-order valence-electron chi connectivity index (χ0n) is 14.4. The van der Waals surface area contributed by atoms with E-state index in [-0.39, 0.29) is 42.3 Å². The number of amides is 1. The van der Waals surface area contributed by atoms with Gasteiger partial charge in [-0.2, -0.15) is 0 Å². The number of halogens is 2. The molecule has 6 heteroatoms. The van der Waals surface area contributed by atoms with Crippen molar-refractivity contribution in [1.82, 2.24) is 4.90 Å². The maximum atomic E-state index is 14.4. The quantitative estimate of drug-likeness (QED) is 0.771. The number of rotatable bonds is 4. The normalized spacial score (nSPS) is 15.8. The van der Waals surface area contributed by atoms with Gasteiger partial charge in [0.05, 0.1) is 0 Å². The van der Waals surface area contributed by atoms with E-state index >= 15 is 0 Å². The van der Waals surface area contributed by atoms with Gasteiger partial charge in [0, 0.05) is 36.6 Å². The number of alkyl halides is 2. The average Bonchev–Trinajstić information content (AvgIpc) is 2.40. The zero-order valence-corrected chi connectivity index (χ0v) is 14.4. The molecule has 1 heterocycles. The molecule has 1 aliphatic rings. The molecule has 1 fully saturated rings. The monoisotopic (exact) mass is 339 g/mol. The van der Waals surface area contributed by atoms with Gasteiger partial charge in [-0.25, -0.2) is 13.6 Å². The van der Waals surface area contributed by atoms with Gasteiger partial charge in [-0.15, -0.1) is 0 Å². The lowest BCUT2D eigenvalue weighted by Gasteiger charge is -2.41. The van der Waals surface area contributed by atoms with E-state index < -0.39 is 17.6 Å². The van der Waals surface area contributed by atoms with Crippen LogP contribution < -0.4 is 0 Å². The molecular weight excluding hydrogens is 316 g/mol. The van der Waals surface area contributed by atoms with Crippen molar-refractivity contribution in [3.63, 3.8) is 0 Å². The van der Waals surface area contributed by atoms with Crippen LogP contribution in [0.1, 0.15) is 50.0 Å². The lowest BCUT2D eigenvalue weighted by molar-refractivity contribution is -0.0612. The maximum Gasteiger partial charge on any atom is 0.410 e. The van der Waals surface area contributed by atoms with Crippen LogP contribution in [-0.2, 0) is 10.7 Å². The molecule has 0 radical (unpaired) electrons. The minimum Gasteiger partial charge on any atom is -0.444 e. The fourth-order valence-electron chi connectivity index (χ4n) is 2.62. The third kappa shape index (κ3) is 4.52. The van der Waals surface area contributed by atoms with Gasteiger partial charge >= 0.3 is 6.09 Å². The zero-order chi connectivity index (χ0) is 18.1. The van der Waals surface area contributed by atoms with Gasteiger partial charge < -0.3 is 9.64 Å². The van der Waals surface area contributed by atoms with Crippen LogP contribution in [0.5, 0.6) is 0 Å². The fraction of sp³-hybridized carbons (Fsp3) is 0.556. The standard InChI is InChI=1S/C18H23F2NO3/c1-12(22)14-6-5-7-15(8-14)18(19,20)9-13-10-21(11-13)16(23)24-17(2,3)4/h5-8,13H,9-11H2,1-4H3. The number of hydrogen-bond donors (Lipinski definition) is 0. The second kappa shape index (κ2) is 6.49. The van der Waals surface area contributed by atoms with Crippen LogP contribution in [0.3, 0.4) is 0 Å². The Morgan fingerprint density at radius 1 is 1.25 bits per heavy atom. The summed E-state index contributed by atoms with van der Waals surface area (Å²) >= 11 is 0. The summed E-state index contributed by atoms with van der Waals surface area (Å²) in [6.07, 6.45) is -0.825. The smallest absolute Gasteiger partial charge is 0.410 e. The van der Waals surface area contributed by atoms with Crippen LogP contribution in [0.2, 0.25) is 0 Å². The Morgan fingerprint density at radius 2 is 1.88 bits per heavy atom. The predicted octanol–water partition coefficient (Wildman–Crippen LogP) is 4.24. The highest BCUT2D eigenvalue weighted by molar-refractivity contribution is 5.94. The molecule has 2 rings (SSSR count). The first-order valence-electron chi connectivity index (χ1n) is 7.95. The SMILES string of the molecule is CC(=O)c1cccc(C(F)(F)CC2CN(C(=O)OC(C)(C)C)C2)c1. The van der Waals surface area contributed by atoms with Gasteiger partial charge in [0.25, 0.3) is 5.92 Å². The summed E-state index contributed by atoms with van der Waals surface area (Å²) < 4.78 is 34.1. The molecule has 0 bridgehead atoms. The summed E-state index contributed by atoms with van der Waals surface area (Å²) in [5, 5.41) is 0. The van der Waals surface area contributed by atoms with Crippen LogP contribution in [0.25, 0.3) is 0 Å². The fourth-order valence-corrected chi connectivity index (χ4v) is 2.62. The Labute approximate surface area is 140 Å². The van der Waals surface area contributed by atoms with E-state index in [2.05, 4.69) is 0 Å². The summed E-state index contributed by atoms with van der Waals surface area (Å²) in [6.45, 7) is 7.16. The molecule has 4 nitrogen and oxygen atoms in total. The molecule has 24 heavy (non-hydrogen) atoms. The van der Waals surface area contributed by atoms with Crippen LogP contribution >= 0.6 is 0 Å². The Kier molecular flexibility index (Phi) is 4.97. The number of ketones is 1. The lowest BCUT2D eigenvalue weighted by atomic mass is 9.89. The second-order valence-corrected chi connectivity index (χ2v) is 7.30. The predicted molar refractivity (Wildman–Crippen MR) is 86.3 cm³/mol. The molecule has 1 aliphatic heterocycles. The largest absolute Gasteiger partial charge is 0.444 e. The van der Waals surface area contributed by atoms with Crippen molar-refractivity contribution >= 4 is 11.9 Å². The Hall–Kier alpha value is -1.98. The molecule has 0 aromatic heterocycles. The van der Waals surface area contributed by atoms with Gasteiger partial charge in [-0.05, 0) is 33.8 Å². The van der Waals surface area contributed by atoms with Crippen LogP contribution in [0, 0.1) is 5.92 Å². The van der Waals surface area contributed by atoms with E-state index in [1.54, 1.807) is 20.8 Å². The number of Topliss-reactive ketones (excluding diaryl/α,β-unsaturated/α-hetero) is 1. The van der Waals surface area contributed by atoms with Crippen molar-refractivity contribution in [3.05, 3.63) is 35.4 Å². The highest BCUT2D eigenvalue weighted by atomic mass is 19.3. The number of ether oxygens (including phenoxy) is 1. The van der Waals surface area contributed by atoms with E-state index in [0.717, 1.165) is 0 Å². The van der Waals surface area contributed by atoms with Crippen LogP contribution in [-0.4, -0.2) is 35.5 Å². The minimum absolute atomic E-state index is 0.161. The minimum atomic E-state index is -3.03. The molecule has 0 aliphatic carbocycles. The van der Waals surface area contributed by atoms with Crippen molar-refractivity contribution in [2.24, 2.45) is 5.92 Å². The van der Waals surface area contributed by atoms with Crippen LogP contribution in [0.4, 0.5) is 13.6 Å². The first-order valence-corrected chi connectivity index (χ1v) is 7.95. The number of carbonyl (C=O) groups excluding carboxylic acids is 2. The van der Waals surface area contributed by atoms with Crippen molar-refractivity contribution in [2.75, 3.05) is 13.1 Å². The molecule has 0 unspecified atom stereocenters. The summed E-state index contributed by atoms with van der Waals surface area (Å²) in [5.41, 5.74) is -0.485. The van der Waals surface area contributed by atoms with Crippen molar-refractivity contribution in [1.29, 1.82) is 0 Å². The number of carbonyl (C=O) groups is 2. The van der Waals surface area contributed by atoms with E-state index in [4.69, 9.17) is 4.74 Å². The highest BCUT2D eigenvalue weighted by Crippen LogP contribution is 2.38. The van der Waals surface area contributed by atoms with Crippen molar-refractivity contribution in [3.8, 4) is 0 Å². The Balaban J connectivity index is 1.94. The number of benzene rings is 1. The summed E-state index contributed by atoms with van der Waals surface area (Å²) in [7, 11) is 0. The number of likely N-dealkylation sites (tertiary alicyclic amines) is 1. The second-order valence-electron chi connectivity index (χ2n) is 7.30. The van der Waals surface area contributed by atoms with Gasteiger partial charge in [-0.1, -0.05) is 18.2 Å². The first kappa shape index (κ1) is 18.4. The van der Waals surface area contributed by atoms with Gasteiger partial charge in [-0.3, -0.25) is 4.79 Å². The Bertz CT molecular complexity index is 631. The van der Waals surface area contributed by atoms with Gasteiger partial charge in [0.1, 0.15) is 5.60 Å². The summed E-state index contributed by atoms with van der Waals surface area (Å²) in [5.74, 6) is -3.56. The highest BCUT2D eigenvalue weighted by Gasteiger charge is 2.41. The Morgan fingerprint density at radius 3 is 2.42 bits per heavy atom. The number of nitrogens with zero attached hydrogens (tertiary/aromatic N) is 1. The van der Waals surface area contributed by atoms with Gasteiger partial charge in [0.15, 0.2) is 5.78 Å². The van der Waals surface area contributed by atoms with Crippen molar-refractivity contribution in [2.45, 2.75) is 45.6 Å². The van der Waals surface area contributed by atoms with Crippen LogP contribution in [0.15, 0.2) is 24.3 Å². The maximum absolute atomic E-state index is 14.4. The summed E-state index contributed by atoms with van der Waals surface area (Å²) in [4.78, 5) is 24.6. The van der Waals surface area contributed by atoms with Gasteiger partial charge in [0.2, 0.25) is 0 Å². The topological polar surface area (TPSA) is 46.6 Å². The molecule has 0 atom stereocenters.